The van der Waals surface area contributed by atoms with Gasteiger partial charge in [-0.3, -0.25) is 0 Å². The summed E-state index contributed by atoms with van der Waals surface area (Å²) in [5.74, 6) is 0.450. The molecule has 1 aromatic carbocycles. The maximum Gasteiger partial charge on any atom is 0.0437 e. The summed E-state index contributed by atoms with van der Waals surface area (Å²) in [6.07, 6.45) is 0.848. The monoisotopic (exact) mass is 221 g/mol. The lowest BCUT2D eigenvalue weighted by Crippen LogP contribution is -2.28. The highest BCUT2D eigenvalue weighted by Crippen LogP contribution is 2.20. The second-order valence-corrected chi connectivity index (χ2v) is 4.11. The Kier molecular flexibility index (Phi) is 6.12. The first-order valence-electron chi connectivity index (χ1n) is 6.19. The summed E-state index contributed by atoms with van der Waals surface area (Å²) in [5, 5.41) is 9.14. The van der Waals surface area contributed by atoms with Crippen LogP contribution in [0, 0.1) is 0 Å². The molecule has 1 unspecified atom stereocenters. The molecule has 0 heterocycles. The van der Waals surface area contributed by atoms with E-state index in [9.17, 15) is 0 Å². The number of rotatable bonds is 7. The van der Waals surface area contributed by atoms with Crippen LogP contribution in [0.25, 0.3) is 0 Å². The van der Waals surface area contributed by atoms with Gasteiger partial charge < -0.3 is 10.0 Å². The molecular weight excluding hydrogens is 198 g/mol. The zero-order valence-electron chi connectivity index (χ0n) is 10.4. The van der Waals surface area contributed by atoms with Crippen LogP contribution in [0.1, 0.15) is 31.7 Å². The summed E-state index contributed by atoms with van der Waals surface area (Å²) in [4.78, 5) is 2.41. The molecule has 1 atom stereocenters. The Hall–Kier alpha value is -0.860. The number of hydrogen-bond donors (Lipinski definition) is 1. The molecule has 1 aromatic rings. The number of aliphatic hydroxyl groups is 1. The van der Waals surface area contributed by atoms with Crippen molar-refractivity contribution in [1.29, 1.82) is 0 Å². The second kappa shape index (κ2) is 7.42. The van der Waals surface area contributed by atoms with Gasteiger partial charge in [0.1, 0.15) is 0 Å². The van der Waals surface area contributed by atoms with Crippen molar-refractivity contribution in [3.63, 3.8) is 0 Å². The van der Waals surface area contributed by atoms with Crippen molar-refractivity contribution in [3.8, 4) is 0 Å². The molecule has 0 fully saturated rings. The number of hydrogen-bond acceptors (Lipinski definition) is 2. The smallest absolute Gasteiger partial charge is 0.0437 e. The molecule has 2 nitrogen and oxygen atoms in total. The normalized spacial score (nSPS) is 13.0. The quantitative estimate of drug-likeness (QED) is 0.764. The predicted molar refractivity (Wildman–Crippen MR) is 68.7 cm³/mol. The summed E-state index contributed by atoms with van der Waals surface area (Å²) in [7, 11) is 0. The van der Waals surface area contributed by atoms with Gasteiger partial charge in [0.2, 0.25) is 0 Å². The van der Waals surface area contributed by atoms with Crippen molar-refractivity contribution in [3.05, 3.63) is 35.9 Å². The van der Waals surface area contributed by atoms with E-state index in [1.807, 2.05) is 6.07 Å². The maximum absolute atomic E-state index is 9.14. The van der Waals surface area contributed by atoms with Gasteiger partial charge in [0.05, 0.1) is 0 Å². The number of nitrogens with zero attached hydrogens (tertiary/aromatic N) is 1. The Morgan fingerprint density at radius 3 is 2.25 bits per heavy atom. The molecule has 16 heavy (non-hydrogen) atoms. The Bertz CT molecular complexity index is 269. The molecule has 0 spiro atoms. The molecule has 0 aromatic heterocycles. The molecule has 0 radical (unpaired) electrons. The molecule has 0 saturated heterocycles. The number of aliphatic hydroxyl groups excluding tert-OH is 1. The van der Waals surface area contributed by atoms with Crippen molar-refractivity contribution in [2.24, 2.45) is 0 Å². The van der Waals surface area contributed by atoms with E-state index < -0.39 is 0 Å². The van der Waals surface area contributed by atoms with Crippen LogP contribution in [0.4, 0.5) is 0 Å². The molecule has 0 bridgehead atoms. The Labute approximate surface area is 98.9 Å². The van der Waals surface area contributed by atoms with Gasteiger partial charge in [-0.25, -0.2) is 0 Å². The van der Waals surface area contributed by atoms with E-state index in [-0.39, 0.29) is 6.61 Å². The SMILES string of the molecule is CCN(CC)CC(CCO)c1ccccc1. The molecule has 0 aliphatic heterocycles. The van der Waals surface area contributed by atoms with Gasteiger partial charge in [0.15, 0.2) is 0 Å². The van der Waals surface area contributed by atoms with Crippen molar-refractivity contribution in [1.82, 2.24) is 4.90 Å². The second-order valence-electron chi connectivity index (χ2n) is 4.11. The minimum Gasteiger partial charge on any atom is -0.396 e. The fourth-order valence-corrected chi connectivity index (χ4v) is 2.04. The standard InChI is InChI=1S/C14H23NO/c1-3-15(4-2)12-14(10-11-16)13-8-6-5-7-9-13/h5-9,14,16H,3-4,10-12H2,1-2H3. The van der Waals surface area contributed by atoms with Gasteiger partial charge in [-0.2, -0.15) is 0 Å². The van der Waals surface area contributed by atoms with Gasteiger partial charge in [-0.05, 0) is 31.0 Å². The molecule has 0 aliphatic rings. The van der Waals surface area contributed by atoms with Gasteiger partial charge in [0.25, 0.3) is 0 Å². The number of benzene rings is 1. The third kappa shape index (κ3) is 3.95. The van der Waals surface area contributed by atoms with Gasteiger partial charge in [-0.15, -0.1) is 0 Å². The van der Waals surface area contributed by atoms with E-state index in [4.69, 9.17) is 5.11 Å². The van der Waals surface area contributed by atoms with Gasteiger partial charge in [-0.1, -0.05) is 44.2 Å². The van der Waals surface area contributed by atoms with Crippen LogP contribution < -0.4 is 0 Å². The van der Waals surface area contributed by atoms with Crippen molar-refractivity contribution in [2.45, 2.75) is 26.2 Å². The van der Waals surface area contributed by atoms with E-state index in [1.54, 1.807) is 0 Å². The average Bonchev–Trinajstić information content (AvgIpc) is 2.35. The third-order valence-electron chi connectivity index (χ3n) is 3.12. The third-order valence-corrected chi connectivity index (χ3v) is 3.12. The first-order chi connectivity index (χ1) is 7.81. The van der Waals surface area contributed by atoms with Crippen LogP contribution in [-0.2, 0) is 0 Å². The van der Waals surface area contributed by atoms with Gasteiger partial charge >= 0.3 is 0 Å². The molecule has 0 amide bonds. The lowest BCUT2D eigenvalue weighted by molar-refractivity contribution is 0.235. The Balaban J connectivity index is 2.67. The van der Waals surface area contributed by atoms with Crippen LogP contribution in [0.3, 0.4) is 0 Å². The highest BCUT2D eigenvalue weighted by Gasteiger charge is 2.13. The molecule has 1 N–H and O–H groups in total. The fourth-order valence-electron chi connectivity index (χ4n) is 2.04. The lowest BCUT2D eigenvalue weighted by atomic mass is 9.95. The summed E-state index contributed by atoms with van der Waals surface area (Å²) >= 11 is 0. The van der Waals surface area contributed by atoms with Gasteiger partial charge in [0, 0.05) is 13.2 Å². The molecule has 90 valence electrons. The zero-order chi connectivity index (χ0) is 11.8. The maximum atomic E-state index is 9.14. The first-order valence-corrected chi connectivity index (χ1v) is 6.19. The lowest BCUT2D eigenvalue weighted by Gasteiger charge is -2.25. The van der Waals surface area contributed by atoms with Crippen molar-refractivity contribution < 1.29 is 5.11 Å². The van der Waals surface area contributed by atoms with Crippen LogP contribution in [0.2, 0.25) is 0 Å². The minimum atomic E-state index is 0.265. The van der Waals surface area contributed by atoms with E-state index in [0.29, 0.717) is 5.92 Å². The Morgan fingerprint density at radius 2 is 1.75 bits per heavy atom. The van der Waals surface area contributed by atoms with E-state index in [1.165, 1.54) is 5.56 Å². The van der Waals surface area contributed by atoms with Crippen molar-refractivity contribution >= 4 is 0 Å². The highest BCUT2D eigenvalue weighted by atomic mass is 16.3. The molecule has 1 rings (SSSR count). The van der Waals surface area contributed by atoms with E-state index in [0.717, 1.165) is 26.1 Å². The minimum absolute atomic E-state index is 0.265. The van der Waals surface area contributed by atoms with Crippen LogP contribution in [-0.4, -0.2) is 36.2 Å². The summed E-state index contributed by atoms with van der Waals surface area (Å²) in [6.45, 7) is 7.82. The summed E-state index contributed by atoms with van der Waals surface area (Å²) < 4.78 is 0. The number of likely N-dealkylation sites (N-methyl/N-ethyl adjacent to an activating group) is 1. The first kappa shape index (κ1) is 13.2. The topological polar surface area (TPSA) is 23.5 Å². The molecular formula is C14H23NO. The van der Waals surface area contributed by atoms with Crippen LogP contribution >= 0.6 is 0 Å². The zero-order valence-corrected chi connectivity index (χ0v) is 10.4. The van der Waals surface area contributed by atoms with E-state index >= 15 is 0 Å². The summed E-state index contributed by atoms with van der Waals surface area (Å²) in [6, 6.07) is 10.5. The van der Waals surface area contributed by atoms with E-state index in [2.05, 4.69) is 43.0 Å². The Morgan fingerprint density at radius 1 is 1.12 bits per heavy atom. The molecule has 0 saturated carbocycles. The molecule has 2 heteroatoms. The van der Waals surface area contributed by atoms with Crippen LogP contribution in [0.15, 0.2) is 30.3 Å². The summed E-state index contributed by atoms with van der Waals surface area (Å²) in [5.41, 5.74) is 1.34. The highest BCUT2D eigenvalue weighted by molar-refractivity contribution is 5.19. The predicted octanol–water partition coefficient (Wildman–Crippen LogP) is 2.49. The van der Waals surface area contributed by atoms with Crippen molar-refractivity contribution in [2.75, 3.05) is 26.2 Å². The average molecular weight is 221 g/mol. The fraction of sp³-hybridized carbons (Fsp3) is 0.571. The van der Waals surface area contributed by atoms with Crippen LogP contribution in [0.5, 0.6) is 0 Å². The largest absolute Gasteiger partial charge is 0.396 e. The molecule has 0 aliphatic carbocycles.